The van der Waals surface area contributed by atoms with Crippen LogP contribution in [0, 0.1) is 11.8 Å². The van der Waals surface area contributed by atoms with E-state index in [-0.39, 0.29) is 0 Å². The van der Waals surface area contributed by atoms with E-state index in [4.69, 9.17) is 0 Å². The number of carbonyl (C=O) groups is 1. The zero-order valence-corrected chi connectivity index (χ0v) is 17.0. The molecule has 0 atom stereocenters. The molecule has 4 rings (SSSR count). The van der Waals surface area contributed by atoms with Crippen molar-refractivity contribution in [2.24, 2.45) is 11.8 Å². The van der Waals surface area contributed by atoms with Gasteiger partial charge >= 0.3 is 0 Å². The summed E-state index contributed by atoms with van der Waals surface area (Å²) in [6.07, 6.45) is 13.5. The molecule has 4 nitrogen and oxygen atoms in total. The largest absolute Gasteiger partial charge is 0.342 e. The Hall–Kier alpha value is -0.970. The van der Waals surface area contributed by atoms with Crippen molar-refractivity contribution in [3.05, 3.63) is 10.0 Å². The Labute approximate surface area is 161 Å². The van der Waals surface area contributed by atoms with Crippen LogP contribution in [0.3, 0.4) is 0 Å². The number of nitrogens with zero attached hydrogens (tertiary/aromatic N) is 3. The van der Waals surface area contributed by atoms with E-state index in [1.54, 1.807) is 0 Å². The fourth-order valence-corrected chi connectivity index (χ4v) is 5.88. The van der Waals surface area contributed by atoms with Crippen LogP contribution in [0.4, 0.5) is 0 Å². The standard InChI is InChI=1S/C21H33N3OS/c1-2-3-4-15-5-7-18(8-6-15)21(25)24-13-11-17(12-14-24)20-23-22-19(26-20)16-9-10-16/h15-18H,2-14H2,1H3. The number of aromatic nitrogens is 2. The Morgan fingerprint density at radius 3 is 2.15 bits per heavy atom. The highest BCUT2D eigenvalue weighted by atomic mass is 32.1. The second kappa shape index (κ2) is 8.37. The van der Waals surface area contributed by atoms with Gasteiger partial charge in [-0.15, -0.1) is 21.5 Å². The van der Waals surface area contributed by atoms with Gasteiger partial charge in [0.25, 0.3) is 0 Å². The van der Waals surface area contributed by atoms with Crippen LogP contribution in [0.25, 0.3) is 0 Å². The smallest absolute Gasteiger partial charge is 0.225 e. The minimum atomic E-state index is 0.299. The van der Waals surface area contributed by atoms with Crippen LogP contribution in [0.1, 0.15) is 99.4 Å². The van der Waals surface area contributed by atoms with E-state index in [0.717, 1.165) is 44.7 Å². The van der Waals surface area contributed by atoms with Gasteiger partial charge < -0.3 is 4.90 Å². The average Bonchev–Trinajstić information content (AvgIpc) is 3.43. The maximum absolute atomic E-state index is 12.9. The lowest BCUT2D eigenvalue weighted by molar-refractivity contribution is -0.138. The topological polar surface area (TPSA) is 46.1 Å². The lowest BCUT2D eigenvalue weighted by Gasteiger charge is -2.36. The van der Waals surface area contributed by atoms with Crippen LogP contribution in [-0.2, 0) is 4.79 Å². The van der Waals surface area contributed by atoms with Crippen molar-refractivity contribution in [3.8, 4) is 0 Å². The molecule has 3 fully saturated rings. The van der Waals surface area contributed by atoms with Crippen molar-refractivity contribution in [2.45, 2.75) is 89.4 Å². The SMILES string of the molecule is CCCCC1CCC(C(=O)N2CCC(c3nnc(C4CC4)s3)CC2)CC1. The lowest BCUT2D eigenvalue weighted by atomic mass is 9.79. The number of amides is 1. The first-order chi connectivity index (χ1) is 12.7. The molecule has 0 spiro atoms. The minimum absolute atomic E-state index is 0.299. The molecule has 1 aromatic heterocycles. The number of piperidine rings is 1. The Morgan fingerprint density at radius 1 is 0.962 bits per heavy atom. The Morgan fingerprint density at radius 2 is 1.58 bits per heavy atom. The summed E-state index contributed by atoms with van der Waals surface area (Å²) in [5, 5.41) is 11.3. The Kier molecular flexibility index (Phi) is 5.92. The maximum atomic E-state index is 12.9. The van der Waals surface area contributed by atoms with E-state index in [1.807, 2.05) is 11.3 Å². The third kappa shape index (κ3) is 4.29. The summed E-state index contributed by atoms with van der Waals surface area (Å²) in [6, 6.07) is 0. The first kappa shape index (κ1) is 18.4. The van der Waals surface area contributed by atoms with Gasteiger partial charge in [0, 0.05) is 30.8 Å². The molecule has 26 heavy (non-hydrogen) atoms. The fraction of sp³-hybridized carbons (Fsp3) is 0.857. The van der Waals surface area contributed by atoms with E-state index in [0.29, 0.717) is 23.7 Å². The number of likely N-dealkylation sites (tertiary alicyclic amines) is 1. The van der Waals surface area contributed by atoms with Crippen molar-refractivity contribution >= 4 is 17.2 Å². The molecule has 1 saturated heterocycles. The molecule has 5 heteroatoms. The predicted molar refractivity (Wildman–Crippen MR) is 105 cm³/mol. The fourth-order valence-electron chi connectivity index (χ4n) is 4.70. The van der Waals surface area contributed by atoms with Gasteiger partial charge in [-0.3, -0.25) is 4.79 Å². The van der Waals surface area contributed by atoms with Gasteiger partial charge in [-0.1, -0.05) is 26.2 Å². The van der Waals surface area contributed by atoms with Gasteiger partial charge in [0.15, 0.2) is 0 Å². The molecule has 3 aliphatic rings. The summed E-state index contributed by atoms with van der Waals surface area (Å²) < 4.78 is 0. The molecule has 0 N–H and O–H groups in total. The Balaban J connectivity index is 1.23. The summed E-state index contributed by atoms with van der Waals surface area (Å²) in [7, 11) is 0. The molecule has 0 bridgehead atoms. The van der Waals surface area contributed by atoms with Crippen molar-refractivity contribution < 1.29 is 4.79 Å². The van der Waals surface area contributed by atoms with Crippen LogP contribution >= 0.6 is 11.3 Å². The lowest BCUT2D eigenvalue weighted by Crippen LogP contribution is -2.42. The first-order valence-electron chi connectivity index (χ1n) is 10.9. The molecular weight excluding hydrogens is 342 g/mol. The highest BCUT2D eigenvalue weighted by Crippen LogP contribution is 2.43. The number of hydrogen-bond acceptors (Lipinski definition) is 4. The molecule has 1 aliphatic heterocycles. The molecule has 2 heterocycles. The normalized spacial score (nSPS) is 27.7. The van der Waals surface area contributed by atoms with E-state index >= 15 is 0 Å². The second-order valence-electron chi connectivity index (χ2n) is 8.71. The molecule has 2 saturated carbocycles. The molecule has 144 valence electrons. The van der Waals surface area contributed by atoms with Gasteiger partial charge in [-0.25, -0.2) is 0 Å². The van der Waals surface area contributed by atoms with Crippen molar-refractivity contribution in [2.75, 3.05) is 13.1 Å². The second-order valence-corrected chi connectivity index (χ2v) is 9.75. The number of hydrogen-bond donors (Lipinski definition) is 0. The highest BCUT2D eigenvalue weighted by Gasteiger charge is 2.33. The van der Waals surface area contributed by atoms with Crippen LogP contribution in [-0.4, -0.2) is 34.1 Å². The van der Waals surface area contributed by atoms with E-state index < -0.39 is 0 Å². The molecule has 0 radical (unpaired) electrons. The monoisotopic (exact) mass is 375 g/mol. The number of rotatable bonds is 6. The van der Waals surface area contributed by atoms with Gasteiger partial charge in [0.05, 0.1) is 0 Å². The summed E-state index contributed by atoms with van der Waals surface area (Å²) in [5.41, 5.74) is 0. The summed E-state index contributed by atoms with van der Waals surface area (Å²) in [6.45, 7) is 4.10. The van der Waals surface area contributed by atoms with Crippen molar-refractivity contribution in [3.63, 3.8) is 0 Å². The van der Waals surface area contributed by atoms with E-state index in [2.05, 4.69) is 22.0 Å². The van der Waals surface area contributed by atoms with Crippen LogP contribution in [0.5, 0.6) is 0 Å². The van der Waals surface area contributed by atoms with Gasteiger partial charge in [-0.2, -0.15) is 0 Å². The zero-order valence-electron chi connectivity index (χ0n) is 16.2. The van der Waals surface area contributed by atoms with Crippen molar-refractivity contribution in [1.29, 1.82) is 0 Å². The molecular formula is C21H33N3OS. The molecule has 2 aliphatic carbocycles. The third-order valence-corrected chi connectivity index (χ3v) is 7.95. The Bertz CT molecular complexity index is 596. The zero-order chi connectivity index (χ0) is 17.9. The minimum Gasteiger partial charge on any atom is -0.342 e. The van der Waals surface area contributed by atoms with Crippen molar-refractivity contribution in [1.82, 2.24) is 15.1 Å². The van der Waals surface area contributed by atoms with Gasteiger partial charge in [-0.05, 0) is 57.3 Å². The summed E-state index contributed by atoms with van der Waals surface area (Å²) in [4.78, 5) is 15.1. The average molecular weight is 376 g/mol. The highest BCUT2D eigenvalue weighted by molar-refractivity contribution is 7.11. The number of carbonyl (C=O) groups excluding carboxylic acids is 1. The maximum Gasteiger partial charge on any atom is 0.225 e. The third-order valence-electron chi connectivity index (χ3n) is 6.70. The van der Waals surface area contributed by atoms with Gasteiger partial charge in [0.2, 0.25) is 5.91 Å². The summed E-state index contributed by atoms with van der Waals surface area (Å²) >= 11 is 1.83. The van der Waals surface area contributed by atoms with Gasteiger partial charge in [0.1, 0.15) is 10.0 Å². The molecule has 1 aromatic rings. The predicted octanol–water partition coefficient (Wildman–Crippen LogP) is 5.12. The molecule has 1 amide bonds. The number of unbranched alkanes of at least 4 members (excludes halogenated alkanes) is 1. The van der Waals surface area contributed by atoms with Crippen LogP contribution in [0.2, 0.25) is 0 Å². The van der Waals surface area contributed by atoms with E-state index in [9.17, 15) is 4.79 Å². The van der Waals surface area contributed by atoms with Crippen LogP contribution < -0.4 is 0 Å². The molecule has 0 unspecified atom stereocenters. The quantitative estimate of drug-likeness (QED) is 0.693. The van der Waals surface area contributed by atoms with Crippen LogP contribution in [0.15, 0.2) is 0 Å². The van der Waals surface area contributed by atoms with E-state index in [1.165, 1.54) is 55.0 Å². The first-order valence-corrected chi connectivity index (χ1v) is 11.7. The molecule has 0 aromatic carbocycles. The summed E-state index contributed by atoms with van der Waals surface area (Å²) in [5.74, 6) is 2.84.